The van der Waals surface area contributed by atoms with Crippen LogP contribution in [0.4, 0.5) is 8.78 Å². The van der Waals surface area contributed by atoms with Crippen LogP contribution >= 0.6 is 0 Å². The van der Waals surface area contributed by atoms with Crippen molar-refractivity contribution in [3.63, 3.8) is 0 Å². The van der Waals surface area contributed by atoms with Gasteiger partial charge in [-0.3, -0.25) is 4.68 Å². The van der Waals surface area contributed by atoms with Crippen molar-refractivity contribution < 1.29 is 18.6 Å². The van der Waals surface area contributed by atoms with Crippen LogP contribution in [0.15, 0.2) is 36.7 Å². The number of aryl methyl sites for hydroxylation is 1. The number of benzene rings is 1. The number of ether oxygens (including phenoxy) is 1. The first-order valence-corrected chi connectivity index (χ1v) is 10.4. The molecule has 2 saturated heterocycles. The van der Waals surface area contributed by atoms with Crippen LogP contribution in [0.3, 0.4) is 0 Å². The number of aromatic hydroxyl groups is 1. The molecule has 4 atom stereocenters. The lowest BCUT2D eigenvalue weighted by atomic mass is 9.84. The zero-order chi connectivity index (χ0) is 21.5. The number of phenolic OH excluding ortho intramolecular Hbond substituents is 1. The van der Waals surface area contributed by atoms with E-state index in [9.17, 15) is 13.9 Å². The van der Waals surface area contributed by atoms with E-state index >= 15 is 0 Å². The van der Waals surface area contributed by atoms with Crippen LogP contribution in [0.2, 0.25) is 0 Å². The van der Waals surface area contributed by atoms with Gasteiger partial charge in [-0.1, -0.05) is 12.5 Å². The Hall–Kier alpha value is -3.07. The van der Waals surface area contributed by atoms with Crippen molar-refractivity contribution in [1.82, 2.24) is 25.3 Å². The van der Waals surface area contributed by atoms with Gasteiger partial charge >= 0.3 is 0 Å². The minimum Gasteiger partial charge on any atom is -0.504 e. The monoisotopic (exact) mass is 427 g/mol. The Morgan fingerprint density at radius 3 is 2.74 bits per heavy atom. The minimum absolute atomic E-state index is 0.178. The van der Waals surface area contributed by atoms with Gasteiger partial charge in [-0.2, -0.15) is 5.10 Å². The summed E-state index contributed by atoms with van der Waals surface area (Å²) in [5, 5.41) is 25.8. The third-order valence-electron chi connectivity index (χ3n) is 6.09. The first-order chi connectivity index (χ1) is 15.0. The SMILES string of the molecule is Cn1cc(-c2ccc(-c3ccc(O[C@H]4CC5CCCC(N5)[C@H]4F)nn3)c(O)c2F)cn1. The molecule has 31 heavy (non-hydrogen) atoms. The fourth-order valence-corrected chi connectivity index (χ4v) is 4.51. The fourth-order valence-electron chi connectivity index (χ4n) is 4.51. The molecule has 5 rings (SSSR count). The molecule has 0 radical (unpaired) electrons. The van der Waals surface area contributed by atoms with Crippen molar-refractivity contribution in [2.24, 2.45) is 7.05 Å². The summed E-state index contributed by atoms with van der Waals surface area (Å²) in [5.41, 5.74) is 1.31. The third-order valence-corrected chi connectivity index (χ3v) is 6.09. The van der Waals surface area contributed by atoms with E-state index in [1.54, 1.807) is 42.2 Å². The number of aromatic nitrogens is 4. The average molecular weight is 427 g/mol. The second-order valence-electron chi connectivity index (χ2n) is 8.22. The first kappa shape index (κ1) is 19.9. The maximum atomic E-state index is 14.8. The Morgan fingerprint density at radius 1 is 1.16 bits per heavy atom. The van der Waals surface area contributed by atoms with Gasteiger partial charge in [0.05, 0.1) is 11.9 Å². The van der Waals surface area contributed by atoms with Gasteiger partial charge in [-0.05, 0) is 25.0 Å². The molecule has 2 N–H and O–H groups in total. The largest absolute Gasteiger partial charge is 0.504 e. The number of nitrogens with one attached hydrogen (secondary N) is 1. The van der Waals surface area contributed by atoms with Gasteiger partial charge in [0.2, 0.25) is 5.88 Å². The predicted octanol–water partition coefficient (Wildman–Crippen LogP) is 3.39. The summed E-state index contributed by atoms with van der Waals surface area (Å²) in [7, 11) is 1.73. The maximum absolute atomic E-state index is 14.8. The molecule has 4 heterocycles. The quantitative estimate of drug-likeness (QED) is 0.664. The molecule has 162 valence electrons. The maximum Gasteiger partial charge on any atom is 0.233 e. The van der Waals surface area contributed by atoms with Crippen LogP contribution in [0, 0.1) is 5.82 Å². The number of fused-ring (bicyclic) bond motifs is 2. The molecule has 0 amide bonds. The molecule has 2 bridgehead atoms. The predicted molar refractivity (Wildman–Crippen MR) is 110 cm³/mol. The zero-order valence-corrected chi connectivity index (χ0v) is 17.0. The van der Waals surface area contributed by atoms with Gasteiger partial charge in [0, 0.05) is 54.5 Å². The molecule has 0 saturated carbocycles. The number of hydrogen-bond donors (Lipinski definition) is 2. The van der Waals surface area contributed by atoms with Crippen LogP contribution in [0.1, 0.15) is 25.7 Å². The van der Waals surface area contributed by atoms with Crippen molar-refractivity contribution in [2.75, 3.05) is 0 Å². The van der Waals surface area contributed by atoms with E-state index in [0.29, 0.717) is 17.7 Å². The van der Waals surface area contributed by atoms with Gasteiger partial charge in [-0.25, -0.2) is 8.78 Å². The molecule has 3 aromatic rings. The summed E-state index contributed by atoms with van der Waals surface area (Å²) in [5.74, 6) is -1.06. The highest BCUT2D eigenvalue weighted by atomic mass is 19.1. The lowest BCUT2D eigenvalue weighted by Gasteiger charge is -2.42. The number of phenols is 1. The van der Waals surface area contributed by atoms with E-state index in [4.69, 9.17) is 4.74 Å². The number of halogens is 2. The lowest BCUT2D eigenvalue weighted by Crippen LogP contribution is -2.59. The molecule has 2 fully saturated rings. The van der Waals surface area contributed by atoms with E-state index in [1.807, 2.05) is 0 Å². The second-order valence-corrected chi connectivity index (χ2v) is 8.22. The highest BCUT2D eigenvalue weighted by molar-refractivity contribution is 5.74. The number of rotatable bonds is 4. The highest BCUT2D eigenvalue weighted by Gasteiger charge is 2.41. The molecule has 2 aliphatic rings. The van der Waals surface area contributed by atoms with E-state index in [-0.39, 0.29) is 29.1 Å². The topological polar surface area (TPSA) is 85.1 Å². The van der Waals surface area contributed by atoms with E-state index in [1.165, 1.54) is 6.20 Å². The van der Waals surface area contributed by atoms with Crippen molar-refractivity contribution in [3.05, 3.63) is 42.5 Å². The first-order valence-electron chi connectivity index (χ1n) is 10.4. The Kier molecular flexibility index (Phi) is 5.05. The Morgan fingerprint density at radius 2 is 2.00 bits per heavy atom. The van der Waals surface area contributed by atoms with E-state index in [0.717, 1.165) is 19.3 Å². The van der Waals surface area contributed by atoms with Crippen LogP contribution < -0.4 is 10.1 Å². The van der Waals surface area contributed by atoms with Gasteiger partial charge < -0.3 is 15.2 Å². The Bertz CT molecular complexity index is 1090. The molecule has 2 aromatic heterocycles. The summed E-state index contributed by atoms with van der Waals surface area (Å²) < 4.78 is 36.8. The lowest BCUT2D eigenvalue weighted by molar-refractivity contribution is 0.00652. The normalized spacial score (nSPS) is 25.4. The molecule has 9 heteroatoms. The van der Waals surface area contributed by atoms with Crippen LogP contribution in [-0.2, 0) is 7.05 Å². The smallest absolute Gasteiger partial charge is 0.233 e. The van der Waals surface area contributed by atoms with Gasteiger partial charge in [0.1, 0.15) is 6.10 Å². The van der Waals surface area contributed by atoms with Crippen LogP contribution in [0.5, 0.6) is 11.6 Å². The zero-order valence-electron chi connectivity index (χ0n) is 17.0. The molecular weight excluding hydrogens is 404 g/mol. The highest BCUT2D eigenvalue weighted by Crippen LogP contribution is 2.36. The molecule has 1 aromatic carbocycles. The van der Waals surface area contributed by atoms with Crippen molar-refractivity contribution in [2.45, 2.75) is 50.0 Å². The Labute approximate surface area is 178 Å². The van der Waals surface area contributed by atoms with Crippen LogP contribution in [0.25, 0.3) is 22.4 Å². The van der Waals surface area contributed by atoms with Gasteiger partial charge in [0.15, 0.2) is 17.7 Å². The molecule has 2 unspecified atom stereocenters. The standard InChI is InChI=1S/C22H23F2N5O2/c1-29-11-12(10-25-29)14-5-6-15(22(30)20(14)23)16-7-8-19(28-27-16)31-18-9-13-3-2-4-17(26-13)21(18)24/h5-8,10-11,13,17-18,21,26,30H,2-4,9H2,1H3/t13?,17?,18-,21+/m0/s1. The number of hydrogen-bond acceptors (Lipinski definition) is 6. The summed E-state index contributed by atoms with van der Waals surface area (Å²) in [4.78, 5) is 0. The average Bonchev–Trinajstić information content (AvgIpc) is 3.21. The fraction of sp³-hybridized carbons (Fsp3) is 0.409. The summed E-state index contributed by atoms with van der Waals surface area (Å²) in [6, 6.07) is 6.38. The molecule has 7 nitrogen and oxygen atoms in total. The second kappa shape index (κ2) is 7.88. The molecule has 0 spiro atoms. The van der Waals surface area contributed by atoms with Gasteiger partial charge in [-0.15, -0.1) is 10.2 Å². The number of alkyl halides is 1. The number of nitrogens with zero attached hydrogens (tertiary/aromatic N) is 4. The number of piperidine rings is 2. The van der Waals surface area contributed by atoms with Gasteiger partial charge in [0.25, 0.3) is 0 Å². The summed E-state index contributed by atoms with van der Waals surface area (Å²) in [6.45, 7) is 0. The van der Waals surface area contributed by atoms with Crippen LogP contribution in [-0.4, -0.2) is 49.4 Å². The van der Waals surface area contributed by atoms with Crippen molar-refractivity contribution in [1.29, 1.82) is 0 Å². The summed E-state index contributed by atoms with van der Waals surface area (Å²) >= 11 is 0. The van der Waals surface area contributed by atoms with Crippen molar-refractivity contribution >= 4 is 0 Å². The van der Waals surface area contributed by atoms with E-state index < -0.39 is 23.8 Å². The van der Waals surface area contributed by atoms with E-state index in [2.05, 4.69) is 20.6 Å². The Balaban J connectivity index is 1.35. The molecular formula is C22H23F2N5O2. The molecule has 0 aliphatic carbocycles. The third kappa shape index (κ3) is 3.74. The minimum atomic E-state index is -1.10. The van der Waals surface area contributed by atoms with Crippen molar-refractivity contribution in [3.8, 4) is 34.0 Å². The molecule has 2 aliphatic heterocycles. The summed E-state index contributed by atoms with van der Waals surface area (Å²) in [6.07, 6.45) is 4.97.